The van der Waals surface area contributed by atoms with Gasteiger partial charge in [0.05, 0.1) is 5.69 Å². The van der Waals surface area contributed by atoms with Crippen LogP contribution in [0.15, 0.2) is 24.3 Å². The van der Waals surface area contributed by atoms with E-state index in [2.05, 4.69) is 5.32 Å². The number of imide groups is 1. The van der Waals surface area contributed by atoms with Gasteiger partial charge in [-0.25, -0.2) is 9.69 Å². The van der Waals surface area contributed by atoms with Crippen molar-refractivity contribution in [3.8, 4) is 0 Å². The zero-order chi connectivity index (χ0) is 14.0. The van der Waals surface area contributed by atoms with Crippen molar-refractivity contribution in [1.29, 1.82) is 0 Å². The highest BCUT2D eigenvalue weighted by atomic mass is 16.4. The average molecular weight is 263 g/mol. The third-order valence-corrected chi connectivity index (χ3v) is 2.82. The van der Waals surface area contributed by atoms with Crippen LogP contribution in [0.5, 0.6) is 0 Å². The van der Waals surface area contributed by atoms with Crippen molar-refractivity contribution in [2.24, 2.45) is 0 Å². The van der Waals surface area contributed by atoms with Gasteiger partial charge in [0.2, 0.25) is 0 Å². The molecule has 0 bridgehead atoms. The van der Waals surface area contributed by atoms with Gasteiger partial charge in [-0.3, -0.25) is 9.59 Å². The molecule has 100 valence electrons. The minimum absolute atomic E-state index is 0.0748. The Kier molecular flexibility index (Phi) is 3.37. The van der Waals surface area contributed by atoms with Crippen molar-refractivity contribution in [3.63, 3.8) is 0 Å². The summed E-state index contributed by atoms with van der Waals surface area (Å²) in [6.45, 7) is 0. The van der Waals surface area contributed by atoms with Gasteiger partial charge in [-0.05, 0) is 30.7 Å². The van der Waals surface area contributed by atoms with E-state index in [-0.39, 0.29) is 12.8 Å². The van der Waals surface area contributed by atoms with E-state index in [1.54, 1.807) is 24.3 Å². The lowest BCUT2D eigenvalue weighted by Gasteiger charge is -2.12. The van der Waals surface area contributed by atoms with Crippen LogP contribution in [0.3, 0.4) is 0 Å². The van der Waals surface area contributed by atoms with Crippen LogP contribution >= 0.6 is 0 Å². The van der Waals surface area contributed by atoms with Crippen LogP contribution in [0.4, 0.5) is 16.2 Å². The number of carbonyl (C=O) groups excluding carboxylic acids is 2. The molecule has 1 saturated heterocycles. The Balaban J connectivity index is 2.14. The number of nitrogens with one attached hydrogen (secondary N) is 1. The zero-order valence-corrected chi connectivity index (χ0v) is 10.00. The van der Waals surface area contributed by atoms with Crippen LogP contribution in [0.1, 0.15) is 12.8 Å². The summed E-state index contributed by atoms with van der Waals surface area (Å²) in [5.41, 5.74) is 6.47. The maximum absolute atomic E-state index is 12.0. The number of carboxylic acids is 1. The molecule has 0 spiro atoms. The molecular weight excluding hydrogens is 250 g/mol. The molecule has 1 aliphatic heterocycles. The number of hydrogen-bond donors (Lipinski definition) is 3. The van der Waals surface area contributed by atoms with Crippen LogP contribution in [0.25, 0.3) is 0 Å². The standard InChI is InChI=1S/C12H13N3O4/c13-7-1-3-8(4-2-7)15-11(18)9(14-12(15)19)5-6-10(16)17/h1-4,9H,5-6,13H2,(H,14,19)(H,16,17). The fourth-order valence-electron chi connectivity index (χ4n) is 1.86. The highest BCUT2D eigenvalue weighted by molar-refractivity contribution is 6.21. The summed E-state index contributed by atoms with van der Waals surface area (Å²) in [5.74, 6) is -1.45. The van der Waals surface area contributed by atoms with Gasteiger partial charge in [-0.2, -0.15) is 0 Å². The lowest BCUT2D eigenvalue weighted by atomic mass is 10.1. The number of nitrogens with zero attached hydrogens (tertiary/aromatic N) is 1. The van der Waals surface area contributed by atoms with Crippen LogP contribution < -0.4 is 16.0 Å². The molecule has 0 aliphatic carbocycles. The largest absolute Gasteiger partial charge is 0.481 e. The Hall–Kier alpha value is -2.57. The first-order valence-electron chi connectivity index (χ1n) is 5.71. The fraction of sp³-hybridized carbons (Fsp3) is 0.250. The molecule has 1 aromatic carbocycles. The van der Waals surface area contributed by atoms with Gasteiger partial charge < -0.3 is 16.2 Å². The third-order valence-electron chi connectivity index (χ3n) is 2.82. The Morgan fingerprint density at radius 1 is 1.32 bits per heavy atom. The molecule has 2 rings (SSSR count). The van der Waals surface area contributed by atoms with Crippen molar-refractivity contribution in [2.45, 2.75) is 18.9 Å². The Bertz CT molecular complexity index is 526. The first-order chi connectivity index (χ1) is 8.99. The summed E-state index contributed by atoms with van der Waals surface area (Å²) in [5, 5.41) is 11.1. The second-order valence-corrected chi connectivity index (χ2v) is 4.20. The molecule has 1 fully saturated rings. The number of amides is 3. The molecule has 3 amide bonds. The lowest BCUT2D eigenvalue weighted by Crippen LogP contribution is -2.31. The molecule has 4 N–H and O–H groups in total. The molecule has 0 radical (unpaired) electrons. The summed E-state index contributed by atoms with van der Waals surface area (Å²) in [7, 11) is 0. The smallest absolute Gasteiger partial charge is 0.329 e. The van der Waals surface area contributed by atoms with E-state index in [0.29, 0.717) is 11.4 Å². The number of anilines is 2. The Morgan fingerprint density at radius 3 is 2.53 bits per heavy atom. The molecular formula is C12H13N3O4. The molecule has 0 aromatic heterocycles. The number of nitrogens with two attached hydrogens (primary N) is 1. The maximum atomic E-state index is 12.0. The van der Waals surface area contributed by atoms with Crippen LogP contribution in [-0.4, -0.2) is 29.1 Å². The minimum Gasteiger partial charge on any atom is -0.481 e. The van der Waals surface area contributed by atoms with Crippen molar-refractivity contribution >= 4 is 29.3 Å². The topological polar surface area (TPSA) is 113 Å². The van der Waals surface area contributed by atoms with E-state index >= 15 is 0 Å². The van der Waals surface area contributed by atoms with E-state index in [1.807, 2.05) is 0 Å². The maximum Gasteiger partial charge on any atom is 0.329 e. The van der Waals surface area contributed by atoms with Crippen LogP contribution in [0.2, 0.25) is 0 Å². The summed E-state index contributed by atoms with van der Waals surface area (Å²) in [4.78, 5) is 35.2. The van der Waals surface area contributed by atoms with Crippen LogP contribution in [0, 0.1) is 0 Å². The van der Waals surface area contributed by atoms with E-state index < -0.39 is 23.9 Å². The minimum atomic E-state index is -1.01. The summed E-state index contributed by atoms with van der Waals surface area (Å²) in [6, 6.07) is 4.95. The van der Waals surface area contributed by atoms with Gasteiger partial charge in [-0.1, -0.05) is 0 Å². The van der Waals surface area contributed by atoms with E-state index in [1.165, 1.54) is 0 Å². The number of carbonyl (C=O) groups is 3. The van der Waals surface area contributed by atoms with E-state index in [9.17, 15) is 14.4 Å². The highest BCUT2D eigenvalue weighted by Crippen LogP contribution is 2.22. The summed E-state index contributed by atoms with van der Waals surface area (Å²) in [6.07, 6.45) is -0.0996. The Morgan fingerprint density at radius 2 is 1.95 bits per heavy atom. The monoisotopic (exact) mass is 263 g/mol. The molecule has 7 nitrogen and oxygen atoms in total. The van der Waals surface area contributed by atoms with Gasteiger partial charge in [0.15, 0.2) is 0 Å². The van der Waals surface area contributed by atoms with Gasteiger partial charge >= 0.3 is 12.0 Å². The summed E-state index contributed by atoms with van der Waals surface area (Å²) >= 11 is 0. The van der Waals surface area contributed by atoms with E-state index in [4.69, 9.17) is 10.8 Å². The number of hydrogen-bond acceptors (Lipinski definition) is 4. The average Bonchev–Trinajstić information content (AvgIpc) is 2.63. The molecule has 1 heterocycles. The molecule has 0 saturated carbocycles. The normalized spacial score (nSPS) is 18.5. The first-order valence-corrected chi connectivity index (χ1v) is 5.71. The zero-order valence-electron chi connectivity index (χ0n) is 10.00. The summed E-state index contributed by atoms with van der Waals surface area (Å²) < 4.78 is 0. The molecule has 1 atom stereocenters. The second-order valence-electron chi connectivity index (χ2n) is 4.20. The predicted molar refractivity (Wildman–Crippen MR) is 67.5 cm³/mol. The van der Waals surface area contributed by atoms with E-state index in [0.717, 1.165) is 4.90 Å². The second kappa shape index (κ2) is 4.97. The Labute approximate surface area is 109 Å². The number of nitrogen functional groups attached to an aromatic ring is 1. The van der Waals surface area contributed by atoms with Crippen molar-refractivity contribution in [3.05, 3.63) is 24.3 Å². The number of urea groups is 1. The SMILES string of the molecule is Nc1ccc(N2C(=O)NC(CCC(=O)O)C2=O)cc1. The van der Waals surface area contributed by atoms with Crippen LogP contribution in [-0.2, 0) is 9.59 Å². The van der Waals surface area contributed by atoms with Crippen molar-refractivity contribution < 1.29 is 19.5 Å². The highest BCUT2D eigenvalue weighted by Gasteiger charge is 2.38. The third kappa shape index (κ3) is 2.65. The molecule has 1 unspecified atom stereocenters. The number of carboxylic acid groups (broad SMARTS) is 1. The van der Waals surface area contributed by atoms with Crippen molar-refractivity contribution in [1.82, 2.24) is 5.32 Å². The van der Waals surface area contributed by atoms with Gasteiger partial charge in [0, 0.05) is 12.1 Å². The number of rotatable bonds is 4. The first kappa shape index (κ1) is 12.9. The van der Waals surface area contributed by atoms with Gasteiger partial charge in [0.25, 0.3) is 5.91 Å². The quantitative estimate of drug-likeness (QED) is 0.542. The lowest BCUT2D eigenvalue weighted by molar-refractivity contribution is -0.137. The predicted octanol–water partition coefficient (Wildman–Crippen LogP) is 0.558. The fourth-order valence-corrected chi connectivity index (χ4v) is 1.86. The molecule has 19 heavy (non-hydrogen) atoms. The molecule has 1 aromatic rings. The van der Waals surface area contributed by atoms with Gasteiger partial charge in [0.1, 0.15) is 6.04 Å². The number of aliphatic carboxylic acids is 1. The molecule has 1 aliphatic rings. The van der Waals surface area contributed by atoms with Gasteiger partial charge in [-0.15, -0.1) is 0 Å². The van der Waals surface area contributed by atoms with Crippen molar-refractivity contribution in [2.75, 3.05) is 10.6 Å². The number of benzene rings is 1. The molecule has 7 heteroatoms.